The Morgan fingerprint density at radius 1 is 0.294 bits per heavy atom. The second-order valence-corrected chi connectivity index (χ2v) is 22.5. The van der Waals surface area contributed by atoms with E-state index in [0.29, 0.717) is 19.3 Å². The summed E-state index contributed by atoms with van der Waals surface area (Å²) in [5, 5.41) is 0. The second kappa shape index (κ2) is 53.2. The summed E-state index contributed by atoms with van der Waals surface area (Å²) < 4.78 is 16.9. The maximum Gasteiger partial charge on any atom is 0.306 e. The minimum Gasteiger partial charge on any atom is -0.462 e. The molecule has 0 bridgehead atoms. The zero-order valence-electron chi connectivity index (χ0n) is 46.9. The molecular formula is C62H120O6. The normalized spacial score (nSPS) is 12.5. The standard InChI is InChI=1S/C62H120O6/c1-7-58(6)50-44-38-32-26-20-13-9-11-15-22-28-34-40-46-52-61(64)67-55-59(68-62(65)53-47-41-35-29-23-17-16-19-25-31-37-43-49-57(4)5)54-66-60(63)51-45-39-33-27-21-14-10-8-12-18-24-30-36-42-48-56(2)3/h56-59H,7-55H2,1-6H3/t58?,59-/m0/s1. The van der Waals surface area contributed by atoms with Gasteiger partial charge in [0.15, 0.2) is 6.10 Å². The third-order valence-corrected chi connectivity index (χ3v) is 14.5. The Hall–Kier alpha value is -1.59. The van der Waals surface area contributed by atoms with E-state index in [-0.39, 0.29) is 31.1 Å². The lowest BCUT2D eigenvalue weighted by Crippen LogP contribution is -2.30. The third-order valence-electron chi connectivity index (χ3n) is 14.5. The number of hydrogen-bond donors (Lipinski definition) is 0. The van der Waals surface area contributed by atoms with Crippen LogP contribution in [0.2, 0.25) is 0 Å². The van der Waals surface area contributed by atoms with Crippen molar-refractivity contribution in [3.8, 4) is 0 Å². The number of ether oxygens (including phenoxy) is 3. The van der Waals surface area contributed by atoms with E-state index in [1.165, 1.54) is 225 Å². The molecular weight excluding hydrogens is 841 g/mol. The number of carbonyl (C=O) groups is 3. The monoisotopic (exact) mass is 961 g/mol. The maximum atomic E-state index is 12.9. The molecule has 0 radical (unpaired) electrons. The minimum atomic E-state index is -0.764. The van der Waals surface area contributed by atoms with Gasteiger partial charge in [0.25, 0.3) is 0 Å². The van der Waals surface area contributed by atoms with Gasteiger partial charge < -0.3 is 14.2 Å². The fourth-order valence-corrected chi connectivity index (χ4v) is 9.50. The van der Waals surface area contributed by atoms with E-state index in [9.17, 15) is 14.4 Å². The lowest BCUT2D eigenvalue weighted by atomic mass is 9.99. The lowest BCUT2D eigenvalue weighted by molar-refractivity contribution is -0.167. The molecule has 0 amide bonds. The predicted molar refractivity (Wildman–Crippen MR) is 293 cm³/mol. The van der Waals surface area contributed by atoms with E-state index >= 15 is 0 Å². The molecule has 0 spiro atoms. The Morgan fingerprint density at radius 3 is 0.765 bits per heavy atom. The Balaban J connectivity index is 4.30. The Morgan fingerprint density at radius 2 is 0.515 bits per heavy atom. The van der Waals surface area contributed by atoms with Crippen molar-refractivity contribution in [2.24, 2.45) is 17.8 Å². The van der Waals surface area contributed by atoms with Gasteiger partial charge in [-0.3, -0.25) is 14.4 Å². The average molecular weight is 962 g/mol. The van der Waals surface area contributed by atoms with Crippen LogP contribution in [0.3, 0.4) is 0 Å². The highest BCUT2D eigenvalue weighted by Gasteiger charge is 2.19. The van der Waals surface area contributed by atoms with Crippen molar-refractivity contribution in [1.82, 2.24) is 0 Å². The van der Waals surface area contributed by atoms with Gasteiger partial charge in [-0.1, -0.05) is 305 Å². The first kappa shape index (κ1) is 66.4. The molecule has 2 atom stereocenters. The molecule has 404 valence electrons. The molecule has 6 heteroatoms. The lowest BCUT2D eigenvalue weighted by Gasteiger charge is -2.18. The van der Waals surface area contributed by atoms with Crippen LogP contribution in [0.5, 0.6) is 0 Å². The molecule has 6 nitrogen and oxygen atoms in total. The van der Waals surface area contributed by atoms with E-state index in [1.807, 2.05) is 0 Å². The van der Waals surface area contributed by atoms with Crippen molar-refractivity contribution in [1.29, 1.82) is 0 Å². The molecule has 0 saturated heterocycles. The van der Waals surface area contributed by atoms with Crippen molar-refractivity contribution in [3.63, 3.8) is 0 Å². The van der Waals surface area contributed by atoms with E-state index in [1.54, 1.807) is 0 Å². The van der Waals surface area contributed by atoms with Crippen molar-refractivity contribution < 1.29 is 28.6 Å². The number of rotatable bonds is 55. The first-order valence-electron chi connectivity index (χ1n) is 30.6. The molecule has 0 aliphatic rings. The fourth-order valence-electron chi connectivity index (χ4n) is 9.50. The van der Waals surface area contributed by atoms with Gasteiger partial charge in [0.1, 0.15) is 13.2 Å². The summed E-state index contributed by atoms with van der Waals surface area (Å²) >= 11 is 0. The highest BCUT2D eigenvalue weighted by molar-refractivity contribution is 5.71. The van der Waals surface area contributed by atoms with Crippen LogP contribution < -0.4 is 0 Å². The van der Waals surface area contributed by atoms with Crippen molar-refractivity contribution in [3.05, 3.63) is 0 Å². The molecule has 0 aromatic heterocycles. The zero-order chi connectivity index (χ0) is 49.8. The quantitative estimate of drug-likeness (QED) is 0.0343. The topological polar surface area (TPSA) is 78.9 Å². The molecule has 0 aliphatic heterocycles. The minimum absolute atomic E-state index is 0.0630. The Kier molecular flexibility index (Phi) is 52.0. The van der Waals surface area contributed by atoms with E-state index < -0.39 is 6.10 Å². The van der Waals surface area contributed by atoms with Crippen LogP contribution in [0.15, 0.2) is 0 Å². The van der Waals surface area contributed by atoms with Gasteiger partial charge in [-0.05, 0) is 37.0 Å². The van der Waals surface area contributed by atoms with Crippen LogP contribution in [0.1, 0.15) is 343 Å². The molecule has 68 heavy (non-hydrogen) atoms. The summed E-state index contributed by atoms with van der Waals surface area (Å²) in [6.45, 7) is 13.8. The largest absolute Gasteiger partial charge is 0.462 e. The molecule has 0 heterocycles. The van der Waals surface area contributed by atoms with Crippen LogP contribution in [0, 0.1) is 17.8 Å². The van der Waals surface area contributed by atoms with Crippen LogP contribution in [0.25, 0.3) is 0 Å². The smallest absolute Gasteiger partial charge is 0.306 e. The molecule has 0 saturated carbocycles. The summed E-state index contributed by atoms with van der Waals surface area (Å²) in [4.78, 5) is 38.2. The van der Waals surface area contributed by atoms with E-state index in [2.05, 4.69) is 41.5 Å². The van der Waals surface area contributed by atoms with Gasteiger partial charge in [0.2, 0.25) is 0 Å². The van der Waals surface area contributed by atoms with Gasteiger partial charge in [0.05, 0.1) is 0 Å². The van der Waals surface area contributed by atoms with Gasteiger partial charge in [-0.25, -0.2) is 0 Å². The molecule has 0 rings (SSSR count). The Labute approximate surface area is 425 Å². The number of carbonyl (C=O) groups excluding carboxylic acids is 3. The zero-order valence-corrected chi connectivity index (χ0v) is 46.9. The first-order chi connectivity index (χ1) is 33.1. The molecule has 1 unspecified atom stereocenters. The summed E-state index contributed by atoms with van der Waals surface area (Å²) in [6.07, 6.45) is 56.6. The van der Waals surface area contributed by atoms with Crippen molar-refractivity contribution in [2.75, 3.05) is 13.2 Å². The fraction of sp³-hybridized carbons (Fsp3) is 0.952. The highest BCUT2D eigenvalue weighted by atomic mass is 16.6. The van der Waals surface area contributed by atoms with Gasteiger partial charge in [-0.15, -0.1) is 0 Å². The van der Waals surface area contributed by atoms with Gasteiger partial charge in [-0.2, -0.15) is 0 Å². The van der Waals surface area contributed by atoms with Crippen molar-refractivity contribution >= 4 is 17.9 Å². The van der Waals surface area contributed by atoms with Crippen LogP contribution >= 0.6 is 0 Å². The van der Waals surface area contributed by atoms with E-state index in [4.69, 9.17) is 14.2 Å². The molecule has 0 fully saturated rings. The summed E-state index contributed by atoms with van der Waals surface area (Å²) in [5.74, 6) is 1.73. The number of esters is 3. The summed E-state index contributed by atoms with van der Waals surface area (Å²) in [5.41, 5.74) is 0. The van der Waals surface area contributed by atoms with Crippen LogP contribution in [-0.4, -0.2) is 37.2 Å². The van der Waals surface area contributed by atoms with Crippen LogP contribution in [-0.2, 0) is 28.6 Å². The number of unbranched alkanes of at least 4 members (excludes halogenated alkanes) is 37. The third kappa shape index (κ3) is 53.8. The average Bonchev–Trinajstić information content (AvgIpc) is 3.31. The highest BCUT2D eigenvalue weighted by Crippen LogP contribution is 2.19. The summed E-state index contributed by atoms with van der Waals surface area (Å²) in [6, 6.07) is 0. The van der Waals surface area contributed by atoms with Crippen molar-refractivity contribution in [2.45, 2.75) is 349 Å². The summed E-state index contributed by atoms with van der Waals surface area (Å²) in [7, 11) is 0. The molecule has 0 N–H and O–H groups in total. The van der Waals surface area contributed by atoms with Gasteiger partial charge in [0, 0.05) is 19.3 Å². The van der Waals surface area contributed by atoms with Gasteiger partial charge >= 0.3 is 17.9 Å². The van der Waals surface area contributed by atoms with Crippen LogP contribution in [0.4, 0.5) is 0 Å². The SMILES string of the molecule is CCC(C)CCCCCCCCCCCCCCCCC(=O)OC[C@H](COC(=O)CCCCCCCCCCCCCCCCC(C)C)OC(=O)CCCCCCCCCCCCCCC(C)C. The Bertz CT molecular complexity index is 1060. The first-order valence-corrected chi connectivity index (χ1v) is 30.6. The molecule has 0 aromatic carbocycles. The second-order valence-electron chi connectivity index (χ2n) is 22.5. The number of hydrogen-bond acceptors (Lipinski definition) is 6. The predicted octanol–water partition coefficient (Wildman–Crippen LogP) is 20.3. The maximum absolute atomic E-state index is 12.9. The molecule has 0 aromatic rings. The molecule has 0 aliphatic carbocycles. The van der Waals surface area contributed by atoms with E-state index in [0.717, 1.165) is 75.5 Å².